The molecule has 1 atom stereocenters. The van der Waals surface area contributed by atoms with Crippen molar-refractivity contribution in [2.45, 2.75) is 44.8 Å². The Bertz CT molecular complexity index is 1500. The molecule has 1 fully saturated rings. The van der Waals surface area contributed by atoms with Crippen LogP contribution >= 0.6 is 0 Å². The van der Waals surface area contributed by atoms with E-state index in [0.29, 0.717) is 16.8 Å². The molecule has 0 bridgehead atoms. The molecule has 0 radical (unpaired) electrons. The van der Waals surface area contributed by atoms with Crippen LogP contribution in [0.1, 0.15) is 58.3 Å². The van der Waals surface area contributed by atoms with Crippen molar-refractivity contribution in [3.05, 3.63) is 94.5 Å². The number of benzene rings is 3. The molecule has 9 nitrogen and oxygen atoms in total. The predicted molar refractivity (Wildman–Crippen MR) is 146 cm³/mol. The van der Waals surface area contributed by atoms with Gasteiger partial charge in [-0.15, -0.1) is 0 Å². The fraction of sp³-hybridized carbons (Fsp3) is 0.241. The number of carbonyl (C=O) groups excluding carboxylic acids is 4. The third-order valence-electron chi connectivity index (χ3n) is 6.60. The Labute approximate surface area is 238 Å². The second-order valence-electron chi connectivity index (χ2n) is 9.60. The van der Waals surface area contributed by atoms with Crippen molar-refractivity contribution in [2.24, 2.45) is 0 Å². The van der Waals surface area contributed by atoms with Crippen molar-refractivity contribution in [2.75, 3.05) is 11.1 Å². The SMILES string of the molecule is Nc1cccc(C(F)F)c1.O=C1CCC(N2Cc3ccc(CNC(=O)Nc4cccc(C(F)F)c4)cc3C2=O)C(=O)N1. The third-order valence-corrected chi connectivity index (χ3v) is 6.60. The largest absolute Gasteiger partial charge is 0.399 e. The molecule has 5 N–H and O–H groups in total. The number of alkyl halides is 4. The summed E-state index contributed by atoms with van der Waals surface area (Å²) < 4.78 is 49.3. The Morgan fingerprint density at radius 2 is 1.64 bits per heavy atom. The van der Waals surface area contributed by atoms with E-state index in [0.717, 1.165) is 5.56 Å². The maximum Gasteiger partial charge on any atom is 0.319 e. The zero-order valence-electron chi connectivity index (χ0n) is 22.1. The standard InChI is InChI=1S/C22H20F2N4O4.C7H7F2N/c23-19(24)13-2-1-3-15(9-13)26-22(32)25-10-12-4-5-14-11-28(21(31)16(14)8-12)17-6-7-18(29)27-20(17)30;8-7(9)5-2-1-3-6(10)4-5/h1-5,8-9,17,19H,6-7,10-11H2,(H2,25,26,32)(H,27,29,30);1-4,7H,10H2. The number of urea groups is 1. The van der Waals surface area contributed by atoms with Gasteiger partial charge in [-0.25, -0.2) is 22.4 Å². The van der Waals surface area contributed by atoms with Gasteiger partial charge in [0.25, 0.3) is 18.8 Å². The van der Waals surface area contributed by atoms with E-state index in [9.17, 15) is 36.7 Å². The third kappa shape index (κ3) is 7.42. The fourth-order valence-corrected chi connectivity index (χ4v) is 4.52. The molecule has 2 heterocycles. The Morgan fingerprint density at radius 3 is 2.29 bits per heavy atom. The van der Waals surface area contributed by atoms with Gasteiger partial charge in [-0.3, -0.25) is 19.7 Å². The zero-order valence-corrected chi connectivity index (χ0v) is 22.1. The maximum absolute atomic E-state index is 12.8. The van der Waals surface area contributed by atoms with E-state index in [1.165, 1.54) is 47.4 Å². The lowest BCUT2D eigenvalue weighted by atomic mass is 10.0. The lowest BCUT2D eigenvalue weighted by Gasteiger charge is -2.29. The highest BCUT2D eigenvalue weighted by Crippen LogP contribution is 2.28. The van der Waals surface area contributed by atoms with E-state index in [1.807, 2.05) is 0 Å². The summed E-state index contributed by atoms with van der Waals surface area (Å²) in [6, 6.07) is 15.0. The molecule has 0 aliphatic carbocycles. The van der Waals surface area contributed by atoms with Gasteiger partial charge in [0.1, 0.15) is 6.04 Å². The van der Waals surface area contributed by atoms with Gasteiger partial charge in [-0.05, 0) is 47.9 Å². The fourth-order valence-electron chi connectivity index (χ4n) is 4.52. The van der Waals surface area contributed by atoms with Crippen LogP contribution in [0.5, 0.6) is 0 Å². The van der Waals surface area contributed by atoms with Crippen molar-refractivity contribution in [1.82, 2.24) is 15.5 Å². The number of hydrogen-bond acceptors (Lipinski definition) is 5. The van der Waals surface area contributed by atoms with Crippen molar-refractivity contribution < 1.29 is 36.7 Å². The number of anilines is 2. The molecule has 1 unspecified atom stereocenters. The average Bonchev–Trinajstić information content (AvgIpc) is 3.27. The molecular formula is C29H27F4N5O4. The number of fused-ring (bicyclic) bond motifs is 1. The summed E-state index contributed by atoms with van der Waals surface area (Å²) in [7, 11) is 0. The molecule has 3 aromatic rings. The van der Waals surface area contributed by atoms with Crippen LogP contribution in [0.15, 0.2) is 66.7 Å². The van der Waals surface area contributed by atoms with Gasteiger partial charge in [0.05, 0.1) is 0 Å². The van der Waals surface area contributed by atoms with Gasteiger partial charge in [-0.1, -0.05) is 36.4 Å². The van der Waals surface area contributed by atoms with Gasteiger partial charge >= 0.3 is 6.03 Å². The lowest BCUT2D eigenvalue weighted by Crippen LogP contribution is -2.52. The Kier molecular flexibility index (Phi) is 9.40. The number of rotatable bonds is 6. The predicted octanol–water partition coefficient (Wildman–Crippen LogP) is 4.91. The van der Waals surface area contributed by atoms with E-state index in [2.05, 4.69) is 16.0 Å². The van der Waals surface area contributed by atoms with Crippen LogP contribution in [-0.2, 0) is 22.7 Å². The van der Waals surface area contributed by atoms with E-state index in [-0.39, 0.29) is 54.6 Å². The normalized spacial score (nSPS) is 16.1. The highest BCUT2D eigenvalue weighted by Gasteiger charge is 2.39. The number of nitrogens with one attached hydrogen (secondary N) is 3. The summed E-state index contributed by atoms with van der Waals surface area (Å²) in [4.78, 5) is 49.9. The summed E-state index contributed by atoms with van der Waals surface area (Å²) >= 11 is 0. The zero-order chi connectivity index (χ0) is 30.4. The van der Waals surface area contributed by atoms with Crippen LogP contribution < -0.4 is 21.7 Å². The Balaban J connectivity index is 0.000000343. The quantitative estimate of drug-likeness (QED) is 0.185. The number of piperidine rings is 1. The minimum atomic E-state index is -2.64. The van der Waals surface area contributed by atoms with Crippen molar-refractivity contribution >= 4 is 35.1 Å². The van der Waals surface area contributed by atoms with Crippen LogP contribution in [0.2, 0.25) is 0 Å². The van der Waals surface area contributed by atoms with Crippen molar-refractivity contribution in [3.8, 4) is 0 Å². The summed E-state index contributed by atoms with van der Waals surface area (Å²) in [5.74, 6) is -1.12. The molecule has 220 valence electrons. The second-order valence-corrected chi connectivity index (χ2v) is 9.60. The summed E-state index contributed by atoms with van der Waals surface area (Å²) in [5.41, 5.74) is 7.52. The molecule has 2 aliphatic rings. The summed E-state index contributed by atoms with van der Waals surface area (Å²) in [5, 5.41) is 7.38. The number of imide groups is 1. The minimum absolute atomic E-state index is 0.0278. The van der Waals surface area contributed by atoms with Crippen LogP contribution in [0.3, 0.4) is 0 Å². The molecule has 3 aromatic carbocycles. The number of nitrogens with two attached hydrogens (primary N) is 1. The number of nitrogens with zero attached hydrogens (tertiary/aromatic N) is 1. The van der Waals surface area contributed by atoms with Gasteiger partial charge in [-0.2, -0.15) is 0 Å². The van der Waals surface area contributed by atoms with E-state index < -0.39 is 30.8 Å². The van der Waals surface area contributed by atoms with Gasteiger partial charge in [0.2, 0.25) is 11.8 Å². The van der Waals surface area contributed by atoms with Gasteiger partial charge < -0.3 is 21.3 Å². The van der Waals surface area contributed by atoms with Crippen molar-refractivity contribution in [1.29, 1.82) is 0 Å². The average molecular weight is 586 g/mol. The molecule has 2 aliphatic heterocycles. The molecule has 42 heavy (non-hydrogen) atoms. The summed E-state index contributed by atoms with van der Waals surface area (Å²) in [6.07, 6.45) is -4.60. The summed E-state index contributed by atoms with van der Waals surface area (Å²) in [6.45, 7) is 0.383. The number of nitrogen functional groups attached to an aromatic ring is 1. The maximum atomic E-state index is 12.8. The van der Waals surface area contributed by atoms with E-state index in [1.54, 1.807) is 24.3 Å². The first-order chi connectivity index (χ1) is 20.0. The highest BCUT2D eigenvalue weighted by atomic mass is 19.3. The highest BCUT2D eigenvalue weighted by molar-refractivity contribution is 6.05. The number of halogens is 4. The number of hydrogen-bond donors (Lipinski definition) is 4. The topological polar surface area (TPSA) is 134 Å². The molecular weight excluding hydrogens is 558 g/mol. The lowest BCUT2D eigenvalue weighted by molar-refractivity contribution is -0.136. The van der Waals surface area contributed by atoms with Crippen LogP contribution in [0.25, 0.3) is 0 Å². The Hall–Kier alpha value is -4.94. The van der Waals surface area contributed by atoms with E-state index in [4.69, 9.17) is 5.73 Å². The van der Waals surface area contributed by atoms with Crippen LogP contribution in [-0.4, -0.2) is 34.7 Å². The molecule has 0 aromatic heterocycles. The second kappa shape index (κ2) is 13.1. The molecule has 5 rings (SSSR count). The molecule has 1 saturated heterocycles. The van der Waals surface area contributed by atoms with Crippen LogP contribution in [0.4, 0.5) is 33.7 Å². The smallest absolute Gasteiger partial charge is 0.319 e. The first-order valence-electron chi connectivity index (χ1n) is 12.8. The molecule has 13 heteroatoms. The molecule has 0 saturated carbocycles. The first kappa shape index (κ1) is 30.0. The van der Waals surface area contributed by atoms with Gasteiger partial charge in [0.15, 0.2) is 0 Å². The van der Waals surface area contributed by atoms with Gasteiger partial charge in [0, 0.05) is 47.6 Å². The monoisotopic (exact) mass is 585 g/mol. The Morgan fingerprint density at radius 1 is 0.952 bits per heavy atom. The first-order valence-corrected chi connectivity index (χ1v) is 12.8. The molecule has 5 amide bonds. The number of amides is 5. The van der Waals surface area contributed by atoms with Crippen LogP contribution in [0, 0.1) is 0 Å². The minimum Gasteiger partial charge on any atom is -0.399 e. The number of carbonyl (C=O) groups is 4. The molecule has 0 spiro atoms. The van der Waals surface area contributed by atoms with E-state index >= 15 is 0 Å². The van der Waals surface area contributed by atoms with Crippen molar-refractivity contribution in [3.63, 3.8) is 0 Å².